The third kappa shape index (κ3) is 2.76. The molecule has 0 aliphatic heterocycles. The second-order valence-electron chi connectivity index (χ2n) is 6.96. The van der Waals surface area contributed by atoms with Gasteiger partial charge in [0.2, 0.25) is 0 Å². The summed E-state index contributed by atoms with van der Waals surface area (Å²) in [5, 5.41) is 3.36. The van der Waals surface area contributed by atoms with Crippen LogP contribution in [0.3, 0.4) is 0 Å². The monoisotopic (exact) mass is 414 g/mol. The summed E-state index contributed by atoms with van der Waals surface area (Å²) in [7, 11) is -5.70. The van der Waals surface area contributed by atoms with E-state index in [9.17, 15) is 21.6 Å². The van der Waals surface area contributed by atoms with Crippen LogP contribution in [-0.2, 0) is 10.1 Å². The molecule has 0 saturated carbocycles. The average Bonchev–Trinajstić information content (AvgIpc) is 3.15. The van der Waals surface area contributed by atoms with Gasteiger partial charge in [0.05, 0.1) is 0 Å². The molecule has 7 heteroatoms. The van der Waals surface area contributed by atoms with Gasteiger partial charge in [-0.2, -0.15) is 21.6 Å². The van der Waals surface area contributed by atoms with Gasteiger partial charge in [-0.25, -0.2) is 0 Å². The molecule has 0 fully saturated rings. The Hall–Kier alpha value is -3.06. The second kappa shape index (κ2) is 5.97. The Morgan fingerprint density at radius 1 is 0.897 bits per heavy atom. The number of hydrogen-bond donors (Lipinski definition) is 0. The number of fused-ring (bicyclic) bond motifs is 7. The lowest BCUT2D eigenvalue weighted by atomic mass is 9.82. The van der Waals surface area contributed by atoms with Crippen LogP contribution in [0.2, 0.25) is 0 Å². The molecule has 0 amide bonds. The summed E-state index contributed by atoms with van der Waals surface area (Å²) in [4.78, 5) is 0. The average molecular weight is 414 g/mol. The van der Waals surface area contributed by atoms with Gasteiger partial charge in [0.1, 0.15) is 5.75 Å². The normalized spacial score (nSPS) is 18.0. The zero-order valence-electron chi connectivity index (χ0n) is 14.8. The molecule has 3 aromatic carbocycles. The van der Waals surface area contributed by atoms with Crippen molar-refractivity contribution in [2.45, 2.75) is 11.4 Å². The van der Waals surface area contributed by atoms with Crippen molar-refractivity contribution in [1.29, 1.82) is 0 Å². The molecular formula is C22H13F3O3S. The largest absolute Gasteiger partial charge is 0.534 e. The van der Waals surface area contributed by atoms with Gasteiger partial charge < -0.3 is 4.18 Å². The number of hydrogen-bond acceptors (Lipinski definition) is 3. The third-order valence-electron chi connectivity index (χ3n) is 5.28. The summed E-state index contributed by atoms with van der Waals surface area (Å²) in [6.07, 6.45) is 10.4. The lowest BCUT2D eigenvalue weighted by Crippen LogP contribution is -2.28. The fourth-order valence-corrected chi connectivity index (χ4v) is 4.41. The van der Waals surface area contributed by atoms with Crippen LogP contribution in [0.25, 0.3) is 27.6 Å². The molecule has 1 unspecified atom stereocenters. The molecule has 2 aliphatic rings. The van der Waals surface area contributed by atoms with E-state index in [2.05, 4.69) is 34.6 Å². The first kappa shape index (κ1) is 18.0. The maximum atomic E-state index is 12.6. The van der Waals surface area contributed by atoms with E-state index in [-0.39, 0.29) is 11.7 Å². The predicted octanol–water partition coefficient (Wildman–Crippen LogP) is 5.83. The molecule has 29 heavy (non-hydrogen) atoms. The number of rotatable bonds is 2. The van der Waals surface area contributed by atoms with Gasteiger partial charge in [-0.1, -0.05) is 60.7 Å². The van der Waals surface area contributed by atoms with E-state index in [1.165, 1.54) is 23.3 Å². The molecule has 0 spiro atoms. The molecule has 0 bridgehead atoms. The quantitative estimate of drug-likeness (QED) is 0.301. The molecule has 2 aliphatic carbocycles. The first-order valence-corrected chi connectivity index (χ1v) is 10.2. The lowest BCUT2D eigenvalue weighted by Gasteiger charge is -2.21. The molecule has 0 saturated heterocycles. The number of allylic oxidation sites excluding steroid dienone is 5. The van der Waals surface area contributed by atoms with Crippen LogP contribution < -0.4 is 4.18 Å². The van der Waals surface area contributed by atoms with Crippen LogP contribution >= 0.6 is 0 Å². The minimum Gasteiger partial charge on any atom is -0.376 e. The number of halogens is 3. The van der Waals surface area contributed by atoms with Crippen molar-refractivity contribution < 1.29 is 25.8 Å². The molecule has 3 nitrogen and oxygen atoms in total. The SMILES string of the molecule is O=S(=O)(Oc1ccc2c(ccc3c4c(ccc32)C2C=CC=C2C=C4)c1)C(F)(F)F. The van der Waals surface area contributed by atoms with Crippen molar-refractivity contribution in [3.05, 3.63) is 83.5 Å². The van der Waals surface area contributed by atoms with E-state index < -0.39 is 15.6 Å². The molecule has 0 aromatic heterocycles. The molecule has 1 atom stereocenters. The minimum atomic E-state index is -5.70. The van der Waals surface area contributed by atoms with E-state index in [1.807, 2.05) is 18.2 Å². The Labute approximate surface area is 164 Å². The smallest absolute Gasteiger partial charge is 0.376 e. The van der Waals surface area contributed by atoms with Gasteiger partial charge in [0.15, 0.2) is 0 Å². The zero-order chi connectivity index (χ0) is 20.4. The molecule has 146 valence electrons. The molecule has 0 heterocycles. The summed E-state index contributed by atoms with van der Waals surface area (Å²) in [6, 6.07) is 11.8. The Bertz CT molecular complexity index is 1380. The maximum absolute atomic E-state index is 12.6. The summed E-state index contributed by atoms with van der Waals surface area (Å²) >= 11 is 0. The molecular weight excluding hydrogens is 401 g/mol. The fourth-order valence-electron chi connectivity index (χ4n) is 3.96. The van der Waals surface area contributed by atoms with Crippen molar-refractivity contribution in [1.82, 2.24) is 0 Å². The van der Waals surface area contributed by atoms with Crippen LogP contribution in [0.5, 0.6) is 5.75 Å². The molecule has 5 rings (SSSR count). The highest BCUT2D eigenvalue weighted by Crippen LogP contribution is 2.42. The van der Waals surface area contributed by atoms with Gasteiger partial charge in [0, 0.05) is 5.92 Å². The van der Waals surface area contributed by atoms with Crippen molar-refractivity contribution in [2.75, 3.05) is 0 Å². The van der Waals surface area contributed by atoms with Crippen LogP contribution in [0, 0.1) is 0 Å². The molecule has 0 radical (unpaired) electrons. The Morgan fingerprint density at radius 3 is 2.45 bits per heavy atom. The first-order valence-electron chi connectivity index (χ1n) is 8.81. The summed E-state index contributed by atoms with van der Waals surface area (Å²) in [5.41, 5.74) is -1.92. The van der Waals surface area contributed by atoms with E-state index in [0.29, 0.717) is 5.39 Å². The number of benzene rings is 3. The highest BCUT2D eigenvalue weighted by atomic mass is 32.2. The molecule has 3 aromatic rings. The van der Waals surface area contributed by atoms with Gasteiger partial charge in [-0.15, -0.1) is 0 Å². The Balaban J connectivity index is 1.63. The zero-order valence-corrected chi connectivity index (χ0v) is 15.6. The van der Waals surface area contributed by atoms with Crippen molar-refractivity contribution >= 4 is 37.7 Å². The maximum Gasteiger partial charge on any atom is 0.534 e. The van der Waals surface area contributed by atoms with Crippen LogP contribution in [0.15, 0.2) is 72.3 Å². The lowest BCUT2D eigenvalue weighted by molar-refractivity contribution is -0.0500. The highest BCUT2D eigenvalue weighted by Gasteiger charge is 2.48. The molecule has 0 N–H and O–H groups in total. The van der Waals surface area contributed by atoms with E-state index in [4.69, 9.17) is 0 Å². The predicted molar refractivity (Wildman–Crippen MR) is 106 cm³/mol. The summed E-state index contributed by atoms with van der Waals surface area (Å²) < 4.78 is 64.5. The Kier molecular flexibility index (Phi) is 3.70. The van der Waals surface area contributed by atoms with Crippen LogP contribution in [0.4, 0.5) is 13.2 Å². The topological polar surface area (TPSA) is 43.4 Å². The minimum absolute atomic E-state index is 0.235. The second-order valence-corrected chi connectivity index (χ2v) is 8.50. The Morgan fingerprint density at radius 2 is 1.66 bits per heavy atom. The summed E-state index contributed by atoms with van der Waals surface area (Å²) in [6.45, 7) is 0. The van der Waals surface area contributed by atoms with E-state index >= 15 is 0 Å². The third-order valence-corrected chi connectivity index (χ3v) is 6.26. The standard InChI is InChI=1S/C22H13F3O3S/c23-22(24,25)29(26,27)28-15-6-9-17-14(12-15)5-8-21-19(17)11-10-18-16-3-1-2-13(16)4-7-20(18)21/h1-12,16H. The van der Waals surface area contributed by atoms with E-state index in [1.54, 1.807) is 12.1 Å². The van der Waals surface area contributed by atoms with Crippen LogP contribution in [0.1, 0.15) is 17.0 Å². The van der Waals surface area contributed by atoms with Gasteiger partial charge in [0.25, 0.3) is 0 Å². The van der Waals surface area contributed by atoms with E-state index in [0.717, 1.165) is 21.7 Å². The van der Waals surface area contributed by atoms with Gasteiger partial charge in [-0.05, 0) is 50.4 Å². The van der Waals surface area contributed by atoms with Crippen molar-refractivity contribution in [3.63, 3.8) is 0 Å². The number of alkyl halides is 3. The summed E-state index contributed by atoms with van der Waals surface area (Å²) in [5.74, 6) is -0.142. The highest BCUT2D eigenvalue weighted by molar-refractivity contribution is 7.88. The van der Waals surface area contributed by atoms with Crippen molar-refractivity contribution in [2.24, 2.45) is 0 Å². The fraction of sp³-hybridized carbons (Fsp3) is 0.0909. The van der Waals surface area contributed by atoms with Gasteiger partial charge >= 0.3 is 15.6 Å². The van der Waals surface area contributed by atoms with Crippen molar-refractivity contribution in [3.8, 4) is 5.75 Å². The van der Waals surface area contributed by atoms with Crippen LogP contribution in [-0.4, -0.2) is 13.9 Å². The first-order chi connectivity index (χ1) is 13.7. The van der Waals surface area contributed by atoms with Gasteiger partial charge in [-0.3, -0.25) is 0 Å².